The van der Waals surface area contributed by atoms with Crippen molar-refractivity contribution in [3.8, 4) is 0 Å². The summed E-state index contributed by atoms with van der Waals surface area (Å²) in [7, 11) is 0. The van der Waals surface area contributed by atoms with E-state index in [1.807, 2.05) is 43.5 Å². The Bertz CT molecular complexity index is 933. The molecule has 3 aliphatic rings. The van der Waals surface area contributed by atoms with E-state index < -0.39 is 0 Å². The molecule has 5 heteroatoms. The Morgan fingerprint density at radius 3 is 2.50 bits per heavy atom. The minimum atomic E-state index is -0.0125. The molecule has 0 radical (unpaired) electrons. The van der Waals surface area contributed by atoms with E-state index in [0.29, 0.717) is 13.0 Å². The Hall–Kier alpha value is -2.69. The Kier molecular flexibility index (Phi) is 5.28. The highest BCUT2D eigenvalue weighted by Crippen LogP contribution is 2.35. The molecule has 156 valence electrons. The summed E-state index contributed by atoms with van der Waals surface area (Å²) in [5.41, 5.74) is 4.30. The largest absolute Gasteiger partial charge is 0.356 e. The van der Waals surface area contributed by atoms with E-state index in [-0.39, 0.29) is 11.9 Å². The molecule has 2 aliphatic carbocycles. The quantitative estimate of drug-likeness (QED) is 0.729. The average molecular weight is 403 g/mol. The van der Waals surface area contributed by atoms with Crippen molar-refractivity contribution in [2.75, 3.05) is 13.1 Å². The third-order valence-electron chi connectivity index (χ3n) is 6.36. The summed E-state index contributed by atoms with van der Waals surface area (Å²) in [6, 6.07) is 12.1. The number of aliphatic imine (C=N–C) groups is 1. The summed E-state index contributed by atoms with van der Waals surface area (Å²) >= 11 is 0. The topological polar surface area (TPSA) is 57.6 Å². The van der Waals surface area contributed by atoms with Crippen LogP contribution in [0.15, 0.2) is 47.6 Å². The number of hydrogen-bond acceptors (Lipinski definition) is 4. The maximum atomic E-state index is 12.5. The minimum absolute atomic E-state index is 0.00188. The van der Waals surface area contributed by atoms with Gasteiger partial charge in [0, 0.05) is 24.8 Å². The Morgan fingerprint density at radius 1 is 1.13 bits per heavy atom. The van der Waals surface area contributed by atoms with Crippen LogP contribution >= 0.6 is 0 Å². The van der Waals surface area contributed by atoms with Crippen molar-refractivity contribution in [3.05, 3.63) is 65.0 Å². The van der Waals surface area contributed by atoms with Gasteiger partial charge in [-0.15, -0.1) is 0 Å². The van der Waals surface area contributed by atoms with Gasteiger partial charge in [-0.3, -0.25) is 14.8 Å². The van der Waals surface area contributed by atoms with Gasteiger partial charge < -0.3 is 10.2 Å². The number of amides is 1. The number of benzene rings is 1. The molecular weight excluding hydrogens is 372 g/mol. The first-order valence-electron chi connectivity index (χ1n) is 11.3. The Morgan fingerprint density at radius 2 is 1.83 bits per heavy atom. The monoisotopic (exact) mass is 402 g/mol. The van der Waals surface area contributed by atoms with Crippen LogP contribution in [0.4, 0.5) is 0 Å². The van der Waals surface area contributed by atoms with E-state index in [9.17, 15) is 4.79 Å². The van der Waals surface area contributed by atoms with Crippen LogP contribution in [0.5, 0.6) is 0 Å². The summed E-state index contributed by atoms with van der Waals surface area (Å²) < 4.78 is 0. The molecule has 1 aromatic carbocycles. The van der Waals surface area contributed by atoms with E-state index in [0.717, 1.165) is 47.6 Å². The number of hydrogen-bond donors (Lipinski definition) is 1. The van der Waals surface area contributed by atoms with Crippen molar-refractivity contribution < 1.29 is 4.79 Å². The second kappa shape index (κ2) is 8.21. The molecule has 0 bridgehead atoms. The van der Waals surface area contributed by atoms with Gasteiger partial charge in [-0.2, -0.15) is 0 Å². The van der Waals surface area contributed by atoms with Crippen LogP contribution in [-0.4, -0.2) is 34.7 Å². The third-order valence-corrected chi connectivity index (χ3v) is 6.36. The van der Waals surface area contributed by atoms with Crippen molar-refractivity contribution in [3.63, 3.8) is 0 Å². The molecule has 2 aromatic rings. The zero-order valence-electron chi connectivity index (χ0n) is 17.7. The molecule has 5 rings (SSSR count). The number of nitrogens with zero attached hydrogens (tertiary/aromatic N) is 3. The number of carbonyl (C=O) groups excluding carboxylic acids is 1. The minimum Gasteiger partial charge on any atom is -0.356 e. The van der Waals surface area contributed by atoms with Crippen LogP contribution in [0.25, 0.3) is 0 Å². The van der Waals surface area contributed by atoms with Crippen molar-refractivity contribution in [2.45, 2.75) is 51.6 Å². The number of carbonyl (C=O) groups is 1. The van der Waals surface area contributed by atoms with Gasteiger partial charge >= 0.3 is 0 Å². The predicted octanol–water partition coefficient (Wildman–Crippen LogP) is 3.88. The van der Waals surface area contributed by atoms with E-state index in [1.165, 1.54) is 31.2 Å². The van der Waals surface area contributed by atoms with Crippen LogP contribution < -0.4 is 5.32 Å². The molecule has 0 unspecified atom stereocenters. The molecule has 1 aromatic heterocycles. The van der Waals surface area contributed by atoms with Gasteiger partial charge in [0.15, 0.2) is 0 Å². The van der Waals surface area contributed by atoms with Crippen LogP contribution in [0.2, 0.25) is 0 Å². The van der Waals surface area contributed by atoms with E-state index in [4.69, 9.17) is 4.99 Å². The maximum Gasteiger partial charge on any atom is 0.226 e. The first-order chi connectivity index (χ1) is 14.7. The van der Waals surface area contributed by atoms with Gasteiger partial charge in [0.05, 0.1) is 24.7 Å². The second-order valence-corrected chi connectivity index (χ2v) is 9.14. The zero-order valence-corrected chi connectivity index (χ0v) is 17.7. The third kappa shape index (κ3) is 4.55. The number of pyridine rings is 1. The molecule has 5 nitrogen and oxygen atoms in total. The molecule has 2 saturated carbocycles. The van der Waals surface area contributed by atoms with Crippen molar-refractivity contribution in [2.24, 2.45) is 16.8 Å². The maximum absolute atomic E-state index is 12.5. The molecule has 30 heavy (non-hydrogen) atoms. The first kappa shape index (κ1) is 19.3. The molecule has 1 N–H and O–H groups in total. The molecule has 0 spiro atoms. The molecule has 1 amide bonds. The average Bonchev–Trinajstić information content (AvgIpc) is 3.68. The fraction of sp³-hybridized carbons (Fsp3) is 0.480. The standard InChI is InChI=1S/C25H30N4O/c1-17(20-5-3-2-4-6-20)28-24(30)12-22-11-21-13-27-25(23(21)14-26-22)29(15-18-7-8-18)16-19-9-10-19/h2-6,11,14,17-19H,7-10,12-13,15-16H2,1H3,(H,28,30)/t17-/m1/s1. The zero-order chi connectivity index (χ0) is 20.5. The number of fused-ring (bicyclic) bond motifs is 1. The van der Waals surface area contributed by atoms with Gasteiger partial charge in [0.25, 0.3) is 0 Å². The van der Waals surface area contributed by atoms with Gasteiger partial charge in [0.1, 0.15) is 5.84 Å². The SMILES string of the molecule is C[C@@H](NC(=O)Cc1cc2c(cn1)C(N(CC1CC1)CC1CC1)=NC2)c1ccccc1. The lowest BCUT2D eigenvalue weighted by atomic mass is 10.1. The van der Waals surface area contributed by atoms with Crippen molar-refractivity contribution in [1.29, 1.82) is 0 Å². The number of aromatic nitrogens is 1. The summed E-state index contributed by atoms with van der Waals surface area (Å²) in [6.07, 6.45) is 7.67. The van der Waals surface area contributed by atoms with Gasteiger partial charge in [0.2, 0.25) is 5.91 Å². The van der Waals surface area contributed by atoms with Crippen molar-refractivity contribution >= 4 is 11.7 Å². The lowest BCUT2D eigenvalue weighted by Crippen LogP contribution is -2.34. The van der Waals surface area contributed by atoms with Crippen LogP contribution in [0.1, 0.15) is 61.0 Å². The normalized spacial score (nSPS) is 18.5. The second-order valence-electron chi connectivity index (χ2n) is 9.14. The number of amidine groups is 1. The summed E-state index contributed by atoms with van der Waals surface area (Å²) in [4.78, 5) is 24.5. The first-order valence-corrected chi connectivity index (χ1v) is 11.3. The highest BCUT2D eigenvalue weighted by Gasteiger charge is 2.33. The van der Waals surface area contributed by atoms with E-state index in [1.54, 1.807) is 0 Å². The van der Waals surface area contributed by atoms with Crippen LogP contribution in [0, 0.1) is 11.8 Å². The number of nitrogens with one attached hydrogen (secondary N) is 1. The van der Waals surface area contributed by atoms with E-state index >= 15 is 0 Å². The fourth-order valence-electron chi connectivity index (χ4n) is 4.24. The van der Waals surface area contributed by atoms with Gasteiger partial charge in [-0.05, 0) is 61.6 Å². The molecule has 0 saturated heterocycles. The lowest BCUT2D eigenvalue weighted by Gasteiger charge is -2.25. The molecule has 2 fully saturated rings. The van der Waals surface area contributed by atoms with Crippen molar-refractivity contribution in [1.82, 2.24) is 15.2 Å². The molecule has 1 atom stereocenters. The van der Waals surface area contributed by atoms with E-state index in [2.05, 4.69) is 21.3 Å². The van der Waals surface area contributed by atoms with Crippen LogP contribution in [0.3, 0.4) is 0 Å². The van der Waals surface area contributed by atoms with Gasteiger partial charge in [-0.25, -0.2) is 0 Å². The lowest BCUT2D eigenvalue weighted by molar-refractivity contribution is -0.121. The summed E-state index contributed by atoms with van der Waals surface area (Å²) in [6.45, 7) is 4.98. The van der Waals surface area contributed by atoms with Crippen LogP contribution in [-0.2, 0) is 17.8 Å². The predicted molar refractivity (Wildman–Crippen MR) is 118 cm³/mol. The molecular formula is C25H30N4O. The van der Waals surface area contributed by atoms with Gasteiger partial charge in [-0.1, -0.05) is 30.3 Å². The summed E-state index contributed by atoms with van der Waals surface area (Å²) in [5.74, 6) is 2.82. The molecule has 1 aliphatic heterocycles. The highest BCUT2D eigenvalue weighted by atomic mass is 16.1. The Balaban J connectivity index is 1.23. The Labute approximate surface area is 178 Å². The fourth-order valence-corrected chi connectivity index (χ4v) is 4.24. The smallest absolute Gasteiger partial charge is 0.226 e. The number of rotatable bonds is 8. The highest BCUT2D eigenvalue weighted by molar-refractivity contribution is 6.01. The summed E-state index contributed by atoms with van der Waals surface area (Å²) in [5, 5.41) is 3.08. The molecule has 2 heterocycles.